The molecular formula is C14H15ClN4O. The van der Waals surface area contributed by atoms with Gasteiger partial charge in [0.25, 0.3) is 0 Å². The third kappa shape index (κ3) is 3.45. The molecule has 0 spiro atoms. The maximum absolute atomic E-state index is 11.9. The molecule has 0 aliphatic rings. The largest absolute Gasteiger partial charge is 0.330 e. The van der Waals surface area contributed by atoms with Crippen LogP contribution < -0.4 is 10.6 Å². The van der Waals surface area contributed by atoms with E-state index in [2.05, 4.69) is 20.6 Å². The van der Waals surface area contributed by atoms with Crippen molar-refractivity contribution in [3.8, 4) is 0 Å². The fourth-order valence-electron chi connectivity index (χ4n) is 1.71. The number of urea groups is 1. The Kier molecular flexibility index (Phi) is 4.53. The summed E-state index contributed by atoms with van der Waals surface area (Å²) >= 11 is 6.07. The summed E-state index contributed by atoms with van der Waals surface area (Å²) in [6.45, 7) is 3.64. The fraction of sp³-hybridized carbons (Fsp3) is 0.214. The van der Waals surface area contributed by atoms with Crippen molar-refractivity contribution in [2.75, 3.05) is 5.32 Å². The van der Waals surface area contributed by atoms with Crippen LogP contribution in [0.4, 0.5) is 10.5 Å². The summed E-state index contributed by atoms with van der Waals surface area (Å²) in [6.07, 6.45) is 3.29. The van der Waals surface area contributed by atoms with E-state index in [4.69, 9.17) is 11.6 Å². The molecule has 0 aromatic carbocycles. The second-order valence-corrected chi connectivity index (χ2v) is 4.71. The number of nitrogens with zero attached hydrogens (tertiary/aromatic N) is 2. The predicted molar refractivity (Wildman–Crippen MR) is 78.8 cm³/mol. The summed E-state index contributed by atoms with van der Waals surface area (Å²) in [7, 11) is 0. The number of amides is 2. The van der Waals surface area contributed by atoms with E-state index in [1.54, 1.807) is 25.4 Å². The number of pyridine rings is 2. The molecule has 2 amide bonds. The van der Waals surface area contributed by atoms with Crippen molar-refractivity contribution in [3.05, 3.63) is 53.1 Å². The molecule has 6 heteroatoms. The average Bonchev–Trinajstić information content (AvgIpc) is 2.45. The van der Waals surface area contributed by atoms with Gasteiger partial charge in [-0.15, -0.1) is 0 Å². The van der Waals surface area contributed by atoms with Gasteiger partial charge in [0.05, 0.1) is 28.1 Å². The number of aryl methyl sites for hydroxylation is 1. The predicted octanol–water partition coefficient (Wildman–Crippen LogP) is 3.32. The Bertz CT molecular complexity index is 603. The third-order valence-electron chi connectivity index (χ3n) is 2.79. The molecule has 0 fully saturated rings. The third-order valence-corrected chi connectivity index (χ3v) is 3.27. The van der Waals surface area contributed by atoms with E-state index < -0.39 is 0 Å². The number of halogens is 1. The van der Waals surface area contributed by atoms with E-state index in [-0.39, 0.29) is 12.1 Å². The second kappa shape index (κ2) is 6.34. The van der Waals surface area contributed by atoms with Gasteiger partial charge in [0.15, 0.2) is 0 Å². The molecule has 2 rings (SSSR count). The van der Waals surface area contributed by atoms with Crippen LogP contribution in [0.1, 0.15) is 24.4 Å². The Morgan fingerprint density at radius 1 is 1.25 bits per heavy atom. The number of aromatic nitrogens is 2. The standard InChI is InChI=1S/C14H15ClN4O/c1-9(11-5-3-4-7-17-11)18-14(20)19-12-6-8-16-10(2)13(12)15/h3-9H,1-2H3,(H2,16,18,19,20)/t9-/m0/s1. The molecule has 2 aromatic rings. The van der Waals surface area contributed by atoms with E-state index in [1.807, 2.05) is 25.1 Å². The summed E-state index contributed by atoms with van der Waals surface area (Å²) in [5.74, 6) is 0. The van der Waals surface area contributed by atoms with Crippen molar-refractivity contribution in [1.29, 1.82) is 0 Å². The zero-order valence-corrected chi connectivity index (χ0v) is 12.0. The average molecular weight is 291 g/mol. The van der Waals surface area contributed by atoms with Crippen LogP contribution in [0.15, 0.2) is 36.7 Å². The Balaban J connectivity index is 2.01. The molecular weight excluding hydrogens is 276 g/mol. The normalized spacial score (nSPS) is 11.8. The Labute approximate surface area is 122 Å². The van der Waals surface area contributed by atoms with E-state index in [0.29, 0.717) is 16.4 Å². The highest BCUT2D eigenvalue weighted by molar-refractivity contribution is 6.34. The number of anilines is 1. The van der Waals surface area contributed by atoms with Crippen LogP contribution in [0.3, 0.4) is 0 Å². The van der Waals surface area contributed by atoms with Crippen molar-refractivity contribution in [2.45, 2.75) is 19.9 Å². The van der Waals surface area contributed by atoms with Crippen molar-refractivity contribution in [1.82, 2.24) is 15.3 Å². The first kappa shape index (κ1) is 14.3. The highest BCUT2D eigenvalue weighted by Gasteiger charge is 2.12. The SMILES string of the molecule is Cc1nccc(NC(=O)N[C@@H](C)c2ccccn2)c1Cl. The van der Waals surface area contributed by atoms with Crippen LogP contribution in [0.2, 0.25) is 5.02 Å². The molecule has 0 saturated carbocycles. The number of hydrogen-bond donors (Lipinski definition) is 2. The Morgan fingerprint density at radius 3 is 2.75 bits per heavy atom. The van der Waals surface area contributed by atoms with E-state index in [0.717, 1.165) is 5.69 Å². The van der Waals surface area contributed by atoms with Crippen LogP contribution >= 0.6 is 11.6 Å². The van der Waals surface area contributed by atoms with Crippen LogP contribution in [-0.2, 0) is 0 Å². The zero-order chi connectivity index (χ0) is 14.5. The Hall–Kier alpha value is -2.14. The molecule has 0 saturated heterocycles. The molecule has 2 heterocycles. The number of nitrogens with one attached hydrogen (secondary N) is 2. The highest BCUT2D eigenvalue weighted by Crippen LogP contribution is 2.23. The van der Waals surface area contributed by atoms with Gasteiger partial charge in [-0.2, -0.15) is 0 Å². The maximum atomic E-state index is 11.9. The number of rotatable bonds is 3. The van der Waals surface area contributed by atoms with Gasteiger partial charge in [-0.1, -0.05) is 17.7 Å². The molecule has 5 nitrogen and oxygen atoms in total. The van der Waals surface area contributed by atoms with Gasteiger partial charge in [-0.25, -0.2) is 4.79 Å². The monoisotopic (exact) mass is 290 g/mol. The van der Waals surface area contributed by atoms with E-state index >= 15 is 0 Å². The number of carbonyl (C=O) groups excluding carboxylic acids is 1. The van der Waals surface area contributed by atoms with E-state index in [1.165, 1.54) is 0 Å². The molecule has 0 unspecified atom stereocenters. The maximum Gasteiger partial charge on any atom is 0.319 e. The molecule has 0 aliphatic carbocycles. The first-order valence-electron chi connectivity index (χ1n) is 6.17. The highest BCUT2D eigenvalue weighted by atomic mass is 35.5. The van der Waals surface area contributed by atoms with Gasteiger partial charge in [0.1, 0.15) is 0 Å². The van der Waals surface area contributed by atoms with Crippen molar-refractivity contribution in [3.63, 3.8) is 0 Å². The van der Waals surface area contributed by atoms with Gasteiger partial charge >= 0.3 is 6.03 Å². The lowest BCUT2D eigenvalue weighted by molar-refractivity contribution is 0.249. The smallest absolute Gasteiger partial charge is 0.319 e. The summed E-state index contributed by atoms with van der Waals surface area (Å²) in [6, 6.07) is 6.68. The van der Waals surface area contributed by atoms with Crippen LogP contribution in [0, 0.1) is 6.92 Å². The lowest BCUT2D eigenvalue weighted by Gasteiger charge is -2.15. The number of hydrogen-bond acceptors (Lipinski definition) is 3. The zero-order valence-electron chi connectivity index (χ0n) is 11.2. The van der Waals surface area contributed by atoms with Crippen LogP contribution in [0.5, 0.6) is 0 Å². The van der Waals surface area contributed by atoms with Crippen LogP contribution in [-0.4, -0.2) is 16.0 Å². The minimum absolute atomic E-state index is 0.196. The first-order valence-corrected chi connectivity index (χ1v) is 6.55. The lowest BCUT2D eigenvalue weighted by atomic mass is 10.2. The minimum Gasteiger partial charge on any atom is -0.330 e. The molecule has 1 atom stereocenters. The molecule has 0 bridgehead atoms. The summed E-state index contributed by atoms with van der Waals surface area (Å²) in [5, 5.41) is 5.94. The summed E-state index contributed by atoms with van der Waals surface area (Å²) in [5.41, 5.74) is 1.99. The topological polar surface area (TPSA) is 66.9 Å². The molecule has 0 radical (unpaired) electrons. The number of carbonyl (C=O) groups is 1. The summed E-state index contributed by atoms with van der Waals surface area (Å²) in [4.78, 5) is 20.2. The summed E-state index contributed by atoms with van der Waals surface area (Å²) < 4.78 is 0. The van der Waals surface area contributed by atoms with Gasteiger partial charge in [0.2, 0.25) is 0 Å². The fourth-order valence-corrected chi connectivity index (χ4v) is 1.86. The second-order valence-electron chi connectivity index (χ2n) is 4.33. The minimum atomic E-state index is -0.337. The molecule has 104 valence electrons. The molecule has 0 aliphatic heterocycles. The van der Waals surface area contributed by atoms with Crippen LogP contribution in [0.25, 0.3) is 0 Å². The van der Waals surface area contributed by atoms with Gasteiger partial charge < -0.3 is 10.6 Å². The molecule has 2 aromatic heterocycles. The van der Waals surface area contributed by atoms with Crippen molar-refractivity contribution in [2.24, 2.45) is 0 Å². The van der Waals surface area contributed by atoms with Crippen molar-refractivity contribution < 1.29 is 4.79 Å². The first-order chi connectivity index (χ1) is 9.58. The lowest BCUT2D eigenvalue weighted by Crippen LogP contribution is -2.31. The quantitative estimate of drug-likeness (QED) is 0.911. The molecule has 2 N–H and O–H groups in total. The Morgan fingerprint density at radius 2 is 2.05 bits per heavy atom. The molecule has 20 heavy (non-hydrogen) atoms. The van der Waals surface area contributed by atoms with Gasteiger partial charge in [-0.05, 0) is 32.0 Å². The van der Waals surface area contributed by atoms with Gasteiger partial charge in [-0.3, -0.25) is 9.97 Å². The van der Waals surface area contributed by atoms with Crippen molar-refractivity contribution >= 4 is 23.3 Å². The van der Waals surface area contributed by atoms with E-state index in [9.17, 15) is 4.79 Å². The van der Waals surface area contributed by atoms with Gasteiger partial charge in [0, 0.05) is 12.4 Å².